The topological polar surface area (TPSA) is 77.8 Å². The Kier molecular flexibility index (Phi) is 9.56. The summed E-state index contributed by atoms with van der Waals surface area (Å²) in [6, 6.07) is 3.41. The standard InChI is InChI=1S/C22H32O4/c1-16(2)8-7-9-17(3)12-13-19-20(23)14-18(15-21(19)24)10-5-4-6-11-22(25)26/h8,12,14-15,23-24H,4-7,9-11,13H2,1-3H3,(H,25,26)/b17-12+. The van der Waals surface area contributed by atoms with Crippen LogP contribution in [-0.4, -0.2) is 21.3 Å². The van der Waals surface area contributed by atoms with Gasteiger partial charge in [0.25, 0.3) is 0 Å². The van der Waals surface area contributed by atoms with E-state index in [0.717, 1.165) is 37.7 Å². The van der Waals surface area contributed by atoms with Crippen LogP contribution in [0.5, 0.6) is 11.5 Å². The molecule has 0 aliphatic rings. The Morgan fingerprint density at radius 2 is 1.62 bits per heavy atom. The number of aliphatic carboxylic acids is 1. The van der Waals surface area contributed by atoms with E-state index < -0.39 is 5.97 Å². The predicted octanol–water partition coefficient (Wildman–Crippen LogP) is 5.52. The first-order chi connectivity index (χ1) is 12.3. The lowest BCUT2D eigenvalue weighted by molar-refractivity contribution is -0.137. The molecule has 1 aromatic rings. The summed E-state index contributed by atoms with van der Waals surface area (Å²) < 4.78 is 0. The summed E-state index contributed by atoms with van der Waals surface area (Å²) >= 11 is 0. The summed E-state index contributed by atoms with van der Waals surface area (Å²) in [7, 11) is 0. The van der Waals surface area contributed by atoms with Gasteiger partial charge in [0, 0.05) is 12.0 Å². The Morgan fingerprint density at radius 3 is 2.19 bits per heavy atom. The average molecular weight is 360 g/mol. The van der Waals surface area contributed by atoms with Crippen LogP contribution in [0.25, 0.3) is 0 Å². The van der Waals surface area contributed by atoms with Crippen molar-refractivity contribution in [2.24, 2.45) is 0 Å². The number of carbonyl (C=O) groups is 1. The van der Waals surface area contributed by atoms with Gasteiger partial charge in [0.1, 0.15) is 11.5 Å². The molecule has 144 valence electrons. The number of hydrogen-bond acceptors (Lipinski definition) is 3. The quantitative estimate of drug-likeness (QED) is 0.359. The van der Waals surface area contributed by atoms with Crippen LogP contribution in [-0.2, 0) is 17.6 Å². The highest BCUT2D eigenvalue weighted by atomic mass is 16.4. The summed E-state index contributed by atoms with van der Waals surface area (Å²) in [5.41, 5.74) is 3.99. The highest BCUT2D eigenvalue weighted by Crippen LogP contribution is 2.30. The van der Waals surface area contributed by atoms with Crippen LogP contribution in [0.1, 0.15) is 70.4 Å². The van der Waals surface area contributed by atoms with E-state index in [0.29, 0.717) is 18.4 Å². The normalized spacial score (nSPS) is 11.4. The largest absolute Gasteiger partial charge is 0.508 e. The molecule has 26 heavy (non-hydrogen) atoms. The molecule has 4 nitrogen and oxygen atoms in total. The fourth-order valence-electron chi connectivity index (χ4n) is 2.80. The molecular formula is C22H32O4. The average Bonchev–Trinajstić information content (AvgIpc) is 2.53. The zero-order valence-corrected chi connectivity index (χ0v) is 16.2. The minimum absolute atomic E-state index is 0.124. The first kappa shape index (κ1) is 21.8. The van der Waals surface area contributed by atoms with Gasteiger partial charge in [-0.3, -0.25) is 4.79 Å². The Balaban J connectivity index is 2.57. The van der Waals surface area contributed by atoms with Crippen LogP contribution in [0.15, 0.2) is 35.4 Å². The lowest BCUT2D eigenvalue weighted by Crippen LogP contribution is -1.95. The van der Waals surface area contributed by atoms with E-state index in [4.69, 9.17) is 5.11 Å². The van der Waals surface area contributed by atoms with Crippen LogP contribution in [0, 0.1) is 0 Å². The van der Waals surface area contributed by atoms with Crippen molar-refractivity contribution in [3.63, 3.8) is 0 Å². The second-order valence-corrected chi connectivity index (χ2v) is 7.14. The van der Waals surface area contributed by atoms with Gasteiger partial charge in [0.05, 0.1) is 0 Å². The maximum Gasteiger partial charge on any atom is 0.303 e. The number of phenols is 2. The first-order valence-electron chi connectivity index (χ1n) is 9.34. The van der Waals surface area contributed by atoms with E-state index in [1.807, 2.05) is 0 Å². The molecule has 0 heterocycles. The lowest BCUT2D eigenvalue weighted by Gasteiger charge is -2.09. The number of allylic oxidation sites excluding steroid dienone is 4. The Bertz CT molecular complexity index is 629. The summed E-state index contributed by atoms with van der Waals surface area (Å²) in [6.07, 6.45) is 9.98. The van der Waals surface area contributed by atoms with Crippen LogP contribution >= 0.6 is 0 Å². The number of hydrogen-bond donors (Lipinski definition) is 3. The number of carboxylic acids is 1. The van der Waals surface area contributed by atoms with Crippen LogP contribution in [0.4, 0.5) is 0 Å². The molecule has 0 fully saturated rings. The molecule has 0 saturated carbocycles. The van der Waals surface area contributed by atoms with E-state index in [2.05, 4.69) is 32.9 Å². The molecule has 1 aromatic carbocycles. The van der Waals surface area contributed by atoms with E-state index in [1.54, 1.807) is 12.1 Å². The van der Waals surface area contributed by atoms with Crippen molar-refractivity contribution in [1.29, 1.82) is 0 Å². The predicted molar refractivity (Wildman–Crippen MR) is 106 cm³/mol. The zero-order chi connectivity index (χ0) is 19.5. The number of carboxylic acid groups (broad SMARTS) is 1. The molecular weight excluding hydrogens is 328 g/mol. The number of rotatable bonds is 11. The fourth-order valence-corrected chi connectivity index (χ4v) is 2.80. The molecule has 0 radical (unpaired) electrons. The molecule has 0 unspecified atom stereocenters. The summed E-state index contributed by atoms with van der Waals surface area (Å²) in [5, 5.41) is 29.1. The van der Waals surface area contributed by atoms with Crippen LogP contribution < -0.4 is 0 Å². The van der Waals surface area contributed by atoms with Crippen molar-refractivity contribution in [2.45, 2.75) is 72.1 Å². The lowest BCUT2D eigenvalue weighted by atomic mass is 10.00. The van der Waals surface area contributed by atoms with Crippen molar-refractivity contribution >= 4 is 5.97 Å². The maximum absolute atomic E-state index is 10.5. The minimum atomic E-state index is -0.770. The SMILES string of the molecule is CC(C)=CCC/C(C)=C/Cc1c(O)cc(CCCCCC(=O)O)cc1O. The van der Waals surface area contributed by atoms with Crippen molar-refractivity contribution in [3.05, 3.63) is 46.6 Å². The van der Waals surface area contributed by atoms with Gasteiger partial charge in [-0.15, -0.1) is 0 Å². The molecule has 3 N–H and O–H groups in total. The molecule has 0 bridgehead atoms. The minimum Gasteiger partial charge on any atom is -0.508 e. The maximum atomic E-state index is 10.5. The smallest absolute Gasteiger partial charge is 0.303 e. The third-order valence-corrected chi connectivity index (χ3v) is 4.36. The Morgan fingerprint density at radius 1 is 0.962 bits per heavy atom. The second kappa shape index (κ2) is 11.4. The number of aryl methyl sites for hydroxylation is 1. The summed E-state index contributed by atoms with van der Waals surface area (Å²) in [6.45, 7) is 6.24. The van der Waals surface area contributed by atoms with Gasteiger partial charge >= 0.3 is 5.97 Å². The summed E-state index contributed by atoms with van der Waals surface area (Å²) in [5.74, 6) is -0.522. The third kappa shape index (κ3) is 8.75. The second-order valence-electron chi connectivity index (χ2n) is 7.14. The van der Waals surface area contributed by atoms with Crippen molar-refractivity contribution in [3.8, 4) is 11.5 Å². The highest BCUT2D eigenvalue weighted by Gasteiger charge is 2.09. The first-order valence-corrected chi connectivity index (χ1v) is 9.34. The van der Waals surface area contributed by atoms with Gasteiger partial charge in [-0.2, -0.15) is 0 Å². The molecule has 0 saturated heterocycles. The van der Waals surface area contributed by atoms with E-state index in [-0.39, 0.29) is 17.9 Å². The van der Waals surface area contributed by atoms with Crippen molar-refractivity contribution < 1.29 is 20.1 Å². The molecule has 4 heteroatoms. The van der Waals surface area contributed by atoms with Gasteiger partial charge in [-0.05, 0) is 77.0 Å². The molecule has 0 atom stereocenters. The molecule has 0 aliphatic heterocycles. The number of benzene rings is 1. The highest BCUT2D eigenvalue weighted by molar-refractivity contribution is 5.66. The summed E-state index contributed by atoms with van der Waals surface area (Å²) in [4.78, 5) is 10.5. The monoisotopic (exact) mass is 360 g/mol. The van der Waals surface area contributed by atoms with Crippen LogP contribution in [0.3, 0.4) is 0 Å². The Labute approximate surface area is 156 Å². The van der Waals surface area contributed by atoms with Crippen molar-refractivity contribution in [2.75, 3.05) is 0 Å². The number of aromatic hydroxyl groups is 2. The molecule has 0 spiro atoms. The van der Waals surface area contributed by atoms with Gasteiger partial charge < -0.3 is 15.3 Å². The third-order valence-electron chi connectivity index (χ3n) is 4.36. The van der Waals surface area contributed by atoms with E-state index in [9.17, 15) is 15.0 Å². The van der Waals surface area contributed by atoms with Crippen LogP contribution in [0.2, 0.25) is 0 Å². The molecule has 1 rings (SSSR count). The van der Waals surface area contributed by atoms with Gasteiger partial charge in [0.2, 0.25) is 0 Å². The Hall–Kier alpha value is -2.23. The zero-order valence-electron chi connectivity index (χ0n) is 16.2. The fraction of sp³-hybridized carbons (Fsp3) is 0.500. The van der Waals surface area contributed by atoms with Gasteiger partial charge in [-0.1, -0.05) is 29.7 Å². The van der Waals surface area contributed by atoms with E-state index in [1.165, 1.54) is 11.1 Å². The number of unbranched alkanes of at least 4 members (excludes halogenated alkanes) is 2. The molecule has 0 amide bonds. The van der Waals surface area contributed by atoms with E-state index >= 15 is 0 Å². The molecule has 0 aliphatic carbocycles. The molecule has 0 aromatic heterocycles. The number of phenolic OH excluding ortho intramolecular Hbond substituents is 2. The van der Waals surface area contributed by atoms with Crippen molar-refractivity contribution in [1.82, 2.24) is 0 Å². The van der Waals surface area contributed by atoms with Gasteiger partial charge in [0.15, 0.2) is 0 Å². The van der Waals surface area contributed by atoms with Gasteiger partial charge in [-0.25, -0.2) is 0 Å².